The molecule has 10 heteroatoms. The summed E-state index contributed by atoms with van der Waals surface area (Å²) in [5.41, 5.74) is 2.32. The lowest BCUT2D eigenvalue weighted by Crippen LogP contribution is -2.36. The third kappa shape index (κ3) is 5.24. The van der Waals surface area contributed by atoms with Crippen LogP contribution in [0.1, 0.15) is 21.5 Å². The monoisotopic (exact) mass is 478 g/mol. The molecule has 1 aliphatic heterocycles. The zero-order valence-electron chi connectivity index (χ0n) is 18.2. The maximum absolute atomic E-state index is 12.4. The first kappa shape index (κ1) is 23.0. The van der Waals surface area contributed by atoms with Gasteiger partial charge in [0, 0.05) is 23.4 Å². The number of ether oxygens (including phenoxy) is 1. The number of fused-ring (bicyclic) bond motifs is 1. The molecule has 0 bridgehead atoms. The van der Waals surface area contributed by atoms with Gasteiger partial charge in [0.1, 0.15) is 10.6 Å². The van der Waals surface area contributed by atoms with Gasteiger partial charge in [-0.1, -0.05) is 24.3 Å². The summed E-state index contributed by atoms with van der Waals surface area (Å²) in [5.74, 6) is 0.231. The molecule has 3 N–H and O–H groups in total. The Morgan fingerprint density at radius 1 is 0.912 bits per heavy atom. The van der Waals surface area contributed by atoms with Crippen molar-refractivity contribution in [3.8, 4) is 5.75 Å². The molecule has 0 aromatic heterocycles. The molecule has 0 unspecified atom stereocenters. The van der Waals surface area contributed by atoms with Crippen LogP contribution in [-0.4, -0.2) is 39.7 Å². The van der Waals surface area contributed by atoms with Gasteiger partial charge in [0.05, 0.1) is 13.7 Å². The SMILES string of the molecule is COc1ccc(CNC(=O)CNC(=O)c2ccc(NC3=NS(=O)(=O)c4ccccc43)cc2)cc1. The van der Waals surface area contributed by atoms with Crippen LogP contribution in [0, 0.1) is 0 Å². The van der Waals surface area contributed by atoms with E-state index >= 15 is 0 Å². The molecule has 3 aromatic rings. The van der Waals surface area contributed by atoms with E-state index < -0.39 is 15.9 Å². The van der Waals surface area contributed by atoms with Gasteiger partial charge < -0.3 is 20.7 Å². The number of amidine groups is 1. The second-order valence-corrected chi connectivity index (χ2v) is 8.99. The number of anilines is 1. The van der Waals surface area contributed by atoms with Gasteiger partial charge >= 0.3 is 0 Å². The zero-order valence-corrected chi connectivity index (χ0v) is 19.1. The Balaban J connectivity index is 1.29. The minimum Gasteiger partial charge on any atom is -0.497 e. The highest BCUT2D eigenvalue weighted by Crippen LogP contribution is 2.26. The van der Waals surface area contributed by atoms with E-state index in [2.05, 4.69) is 20.3 Å². The van der Waals surface area contributed by atoms with Crippen molar-refractivity contribution in [3.05, 3.63) is 89.5 Å². The second-order valence-electron chi connectivity index (χ2n) is 7.42. The zero-order chi connectivity index (χ0) is 24.1. The van der Waals surface area contributed by atoms with Gasteiger partial charge in [-0.3, -0.25) is 9.59 Å². The van der Waals surface area contributed by atoms with Crippen molar-refractivity contribution in [2.24, 2.45) is 4.40 Å². The van der Waals surface area contributed by atoms with E-state index in [9.17, 15) is 18.0 Å². The van der Waals surface area contributed by atoms with E-state index in [0.29, 0.717) is 23.4 Å². The average molecular weight is 479 g/mol. The van der Waals surface area contributed by atoms with Gasteiger partial charge in [0.15, 0.2) is 5.84 Å². The van der Waals surface area contributed by atoms with E-state index in [1.54, 1.807) is 61.7 Å². The van der Waals surface area contributed by atoms with Crippen LogP contribution in [0.15, 0.2) is 82.1 Å². The Bertz CT molecular complexity index is 1350. The molecule has 4 rings (SSSR count). The predicted octanol–water partition coefficient (Wildman–Crippen LogP) is 2.30. The lowest BCUT2D eigenvalue weighted by atomic mass is 10.1. The number of sulfonamides is 1. The van der Waals surface area contributed by atoms with Crippen molar-refractivity contribution >= 4 is 33.4 Å². The minimum absolute atomic E-state index is 0.152. The smallest absolute Gasteiger partial charge is 0.285 e. The van der Waals surface area contributed by atoms with Gasteiger partial charge in [0.25, 0.3) is 15.9 Å². The normalized spacial score (nSPS) is 13.4. The van der Waals surface area contributed by atoms with E-state index in [-0.39, 0.29) is 23.2 Å². The van der Waals surface area contributed by atoms with Gasteiger partial charge in [-0.15, -0.1) is 4.40 Å². The van der Waals surface area contributed by atoms with Crippen LogP contribution >= 0.6 is 0 Å². The third-order valence-corrected chi connectivity index (χ3v) is 6.43. The molecule has 9 nitrogen and oxygen atoms in total. The van der Waals surface area contributed by atoms with Crippen molar-refractivity contribution < 1.29 is 22.7 Å². The molecular weight excluding hydrogens is 456 g/mol. The fraction of sp³-hybridized carbons (Fsp3) is 0.125. The van der Waals surface area contributed by atoms with Crippen LogP contribution < -0.4 is 20.7 Å². The maximum Gasteiger partial charge on any atom is 0.285 e. The summed E-state index contributed by atoms with van der Waals surface area (Å²) in [5, 5.41) is 8.29. The highest BCUT2D eigenvalue weighted by Gasteiger charge is 2.28. The second kappa shape index (κ2) is 9.75. The number of carbonyl (C=O) groups is 2. The first-order valence-electron chi connectivity index (χ1n) is 10.3. The van der Waals surface area contributed by atoms with Crippen molar-refractivity contribution in [2.75, 3.05) is 19.0 Å². The van der Waals surface area contributed by atoms with E-state index in [1.165, 1.54) is 6.07 Å². The van der Waals surface area contributed by atoms with Crippen molar-refractivity contribution in [3.63, 3.8) is 0 Å². The van der Waals surface area contributed by atoms with Crippen LogP contribution in [0.4, 0.5) is 5.69 Å². The van der Waals surface area contributed by atoms with Gasteiger partial charge in [-0.05, 0) is 54.1 Å². The fourth-order valence-electron chi connectivity index (χ4n) is 3.31. The van der Waals surface area contributed by atoms with Crippen molar-refractivity contribution in [1.29, 1.82) is 0 Å². The number of hydrogen-bond acceptors (Lipinski definition) is 6. The quantitative estimate of drug-likeness (QED) is 0.478. The van der Waals surface area contributed by atoms with Crippen LogP contribution in [0.3, 0.4) is 0 Å². The fourth-order valence-corrected chi connectivity index (χ4v) is 4.48. The molecule has 1 heterocycles. The van der Waals surface area contributed by atoms with Crippen LogP contribution in [0.5, 0.6) is 5.75 Å². The molecule has 0 saturated carbocycles. The van der Waals surface area contributed by atoms with Crippen molar-refractivity contribution in [2.45, 2.75) is 11.4 Å². The van der Waals surface area contributed by atoms with Gasteiger partial charge in [-0.2, -0.15) is 8.42 Å². The lowest BCUT2D eigenvalue weighted by molar-refractivity contribution is -0.120. The maximum atomic E-state index is 12.4. The van der Waals surface area contributed by atoms with Crippen LogP contribution in [0.2, 0.25) is 0 Å². The van der Waals surface area contributed by atoms with E-state index in [1.807, 2.05) is 12.1 Å². The van der Waals surface area contributed by atoms with Gasteiger partial charge in [0.2, 0.25) is 5.91 Å². The molecule has 3 aromatic carbocycles. The molecule has 34 heavy (non-hydrogen) atoms. The summed E-state index contributed by atoms with van der Waals surface area (Å²) < 4.78 is 33.2. The number of amides is 2. The highest BCUT2D eigenvalue weighted by molar-refractivity contribution is 7.90. The highest BCUT2D eigenvalue weighted by atomic mass is 32.2. The van der Waals surface area contributed by atoms with E-state index in [4.69, 9.17) is 4.74 Å². The standard InChI is InChI=1S/C24H22N4O5S/c1-33-19-12-6-16(7-13-19)14-25-22(29)15-26-24(30)17-8-10-18(11-9-17)27-23-20-4-2-3-5-21(20)34(31,32)28-23/h2-13H,14-15H2,1H3,(H,25,29)(H,26,30)(H,27,28). The Kier molecular flexibility index (Phi) is 6.60. The summed E-state index contributed by atoms with van der Waals surface area (Å²) in [7, 11) is -2.14. The number of nitrogens with one attached hydrogen (secondary N) is 3. The summed E-state index contributed by atoms with van der Waals surface area (Å²) in [6.07, 6.45) is 0. The lowest BCUT2D eigenvalue weighted by Gasteiger charge is -2.09. The number of rotatable bonds is 7. The Morgan fingerprint density at radius 2 is 1.62 bits per heavy atom. The number of methoxy groups -OCH3 is 1. The molecule has 0 radical (unpaired) electrons. The van der Waals surface area contributed by atoms with E-state index in [0.717, 1.165) is 11.3 Å². The summed E-state index contributed by atoms with van der Waals surface area (Å²) >= 11 is 0. The Morgan fingerprint density at radius 3 is 2.32 bits per heavy atom. The number of hydrogen-bond donors (Lipinski definition) is 3. The average Bonchev–Trinajstić information content (AvgIpc) is 3.11. The molecule has 2 amide bonds. The number of nitrogens with zero attached hydrogens (tertiary/aromatic N) is 1. The summed E-state index contributed by atoms with van der Waals surface area (Å²) in [6, 6.07) is 20.3. The number of benzene rings is 3. The Labute approximate surface area is 196 Å². The molecule has 0 fully saturated rings. The van der Waals surface area contributed by atoms with Crippen LogP contribution in [0.25, 0.3) is 0 Å². The largest absolute Gasteiger partial charge is 0.497 e. The minimum atomic E-state index is -3.72. The molecule has 0 atom stereocenters. The topological polar surface area (TPSA) is 126 Å². The molecule has 0 aliphatic carbocycles. The summed E-state index contributed by atoms with van der Waals surface area (Å²) in [6.45, 7) is 0.169. The predicted molar refractivity (Wildman–Crippen MR) is 127 cm³/mol. The third-order valence-electron chi connectivity index (χ3n) is 5.10. The van der Waals surface area contributed by atoms with Crippen LogP contribution in [-0.2, 0) is 21.4 Å². The molecule has 0 spiro atoms. The summed E-state index contributed by atoms with van der Waals surface area (Å²) in [4.78, 5) is 24.6. The molecule has 1 aliphatic rings. The van der Waals surface area contributed by atoms with Gasteiger partial charge in [-0.25, -0.2) is 0 Å². The first-order chi connectivity index (χ1) is 16.4. The molecule has 0 saturated heterocycles. The Hall–Kier alpha value is -4.18. The molecular formula is C24H22N4O5S. The van der Waals surface area contributed by atoms with Crippen molar-refractivity contribution in [1.82, 2.24) is 10.6 Å². The number of carbonyl (C=O) groups excluding carboxylic acids is 2. The first-order valence-corrected chi connectivity index (χ1v) is 11.8. The molecule has 174 valence electrons.